The Balaban J connectivity index is 1.72. The summed E-state index contributed by atoms with van der Waals surface area (Å²) in [6, 6.07) is 15.7. The maximum atomic E-state index is 12.4. The summed E-state index contributed by atoms with van der Waals surface area (Å²) in [6.45, 7) is 0. The normalized spacial score (nSPS) is 15.8. The minimum absolute atomic E-state index is 0.305. The molecule has 0 aliphatic carbocycles. The predicted molar refractivity (Wildman–Crippen MR) is 99.9 cm³/mol. The molecule has 0 aromatic heterocycles. The van der Waals surface area contributed by atoms with Crippen LogP contribution in [0.2, 0.25) is 0 Å². The Morgan fingerprint density at radius 2 is 1.62 bits per heavy atom. The van der Waals surface area contributed by atoms with Gasteiger partial charge in [0.2, 0.25) is 5.91 Å². The van der Waals surface area contributed by atoms with Crippen molar-refractivity contribution < 1.29 is 9.59 Å². The van der Waals surface area contributed by atoms with Gasteiger partial charge >= 0.3 is 0 Å². The molecule has 24 heavy (non-hydrogen) atoms. The zero-order valence-electron chi connectivity index (χ0n) is 13.0. The number of carbonyl (C=O) groups excluding carboxylic acids is 2. The van der Waals surface area contributed by atoms with Crippen molar-refractivity contribution in [1.29, 1.82) is 0 Å². The van der Waals surface area contributed by atoms with E-state index in [0.717, 1.165) is 11.5 Å². The highest BCUT2D eigenvalue weighted by molar-refractivity contribution is 8.19. The zero-order valence-corrected chi connectivity index (χ0v) is 14.6. The number of hydrogen-bond acceptors (Lipinski definition) is 4. The summed E-state index contributed by atoms with van der Waals surface area (Å²) in [7, 11) is 0. The third-order valence-corrected chi connectivity index (χ3v) is 6.86. The number of nitrogens with one attached hydrogen (secondary N) is 1. The number of primary amides is 1. The first kappa shape index (κ1) is 16.9. The molecule has 0 unspecified atom stereocenters. The van der Waals surface area contributed by atoms with Crippen LogP contribution < -0.4 is 11.1 Å². The average Bonchev–Trinajstić information content (AvgIpc) is 3.15. The standard InChI is InChI=1S/C18H18N2O2S2/c19-16(21)15(12-4-2-1-3-5-12)20-17(22)13-6-8-14(9-7-13)18-23-10-11-24-18/h1-9,15,18H,10-11H2,(H2,19,21)(H,20,22)/t15-/m1/s1. The molecule has 1 atom stereocenters. The Bertz CT molecular complexity index is 714. The lowest BCUT2D eigenvalue weighted by Gasteiger charge is -2.16. The molecule has 3 rings (SSSR count). The third-order valence-electron chi connectivity index (χ3n) is 3.76. The van der Waals surface area contributed by atoms with Crippen molar-refractivity contribution in [2.75, 3.05) is 11.5 Å². The van der Waals surface area contributed by atoms with Gasteiger partial charge in [0.05, 0.1) is 4.58 Å². The minimum atomic E-state index is -0.834. The summed E-state index contributed by atoms with van der Waals surface area (Å²) in [5, 5.41) is 2.71. The van der Waals surface area contributed by atoms with E-state index < -0.39 is 11.9 Å². The van der Waals surface area contributed by atoms with E-state index in [4.69, 9.17) is 5.73 Å². The van der Waals surface area contributed by atoms with Gasteiger partial charge < -0.3 is 11.1 Å². The molecule has 1 fully saturated rings. The molecule has 6 heteroatoms. The van der Waals surface area contributed by atoms with Crippen LogP contribution in [0, 0.1) is 0 Å². The molecule has 1 aliphatic heterocycles. The van der Waals surface area contributed by atoms with Crippen LogP contribution >= 0.6 is 23.5 Å². The molecular weight excluding hydrogens is 340 g/mol. The van der Waals surface area contributed by atoms with Crippen LogP contribution in [0.5, 0.6) is 0 Å². The fourth-order valence-electron chi connectivity index (χ4n) is 2.52. The van der Waals surface area contributed by atoms with E-state index in [9.17, 15) is 9.59 Å². The third kappa shape index (κ3) is 3.94. The maximum absolute atomic E-state index is 12.4. The molecule has 2 aromatic rings. The van der Waals surface area contributed by atoms with Crippen molar-refractivity contribution >= 4 is 35.3 Å². The van der Waals surface area contributed by atoms with Gasteiger partial charge in [0.15, 0.2) is 0 Å². The molecular formula is C18H18N2O2S2. The number of benzene rings is 2. The topological polar surface area (TPSA) is 72.2 Å². The van der Waals surface area contributed by atoms with Crippen LogP contribution in [-0.4, -0.2) is 23.3 Å². The quantitative estimate of drug-likeness (QED) is 0.861. The molecule has 2 aromatic carbocycles. The first-order valence-corrected chi connectivity index (χ1v) is 9.73. The van der Waals surface area contributed by atoms with E-state index >= 15 is 0 Å². The zero-order chi connectivity index (χ0) is 16.9. The Kier molecular flexibility index (Phi) is 5.48. The van der Waals surface area contributed by atoms with E-state index in [2.05, 4.69) is 5.32 Å². The summed E-state index contributed by atoms with van der Waals surface area (Å²) in [6.07, 6.45) is 0. The van der Waals surface area contributed by atoms with E-state index in [0.29, 0.717) is 15.7 Å². The van der Waals surface area contributed by atoms with Gasteiger partial charge in [0, 0.05) is 17.1 Å². The van der Waals surface area contributed by atoms with Crippen LogP contribution in [-0.2, 0) is 4.79 Å². The molecule has 3 N–H and O–H groups in total. The van der Waals surface area contributed by atoms with Crippen LogP contribution in [0.25, 0.3) is 0 Å². The van der Waals surface area contributed by atoms with Crippen LogP contribution in [0.1, 0.15) is 32.1 Å². The summed E-state index contributed by atoms with van der Waals surface area (Å²) < 4.78 is 0.449. The summed E-state index contributed by atoms with van der Waals surface area (Å²) in [5.41, 5.74) is 7.86. The van der Waals surface area contributed by atoms with Gasteiger partial charge in [0.25, 0.3) is 5.91 Å². The van der Waals surface area contributed by atoms with Crippen molar-refractivity contribution in [2.45, 2.75) is 10.6 Å². The SMILES string of the molecule is NC(=O)[C@H](NC(=O)c1ccc(C2SCCS2)cc1)c1ccccc1. The predicted octanol–water partition coefficient (Wildman–Crippen LogP) is 3.12. The Labute approximate surface area is 149 Å². The maximum Gasteiger partial charge on any atom is 0.252 e. The van der Waals surface area contributed by atoms with Crippen molar-refractivity contribution in [3.63, 3.8) is 0 Å². The monoisotopic (exact) mass is 358 g/mol. The van der Waals surface area contributed by atoms with Gasteiger partial charge in [-0.1, -0.05) is 42.5 Å². The molecule has 0 bridgehead atoms. The number of hydrogen-bond donors (Lipinski definition) is 2. The van der Waals surface area contributed by atoms with Gasteiger partial charge in [-0.15, -0.1) is 23.5 Å². The highest BCUT2D eigenvalue weighted by Crippen LogP contribution is 2.45. The van der Waals surface area contributed by atoms with Crippen LogP contribution in [0.15, 0.2) is 54.6 Å². The second kappa shape index (κ2) is 7.77. The highest BCUT2D eigenvalue weighted by atomic mass is 32.2. The highest BCUT2D eigenvalue weighted by Gasteiger charge is 2.22. The molecule has 4 nitrogen and oxygen atoms in total. The number of rotatable bonds is 5. The second-order valence-corrected chi connectivity index (χ2v) is 8.14. The second-order valence-electron chi connectivity index (χ2n) is 5.42. The van der Waals surface area contributed by atoms with E-state index in [-0.39, 0.29) is 5.91 Å². The lowest BCUT2D eigenvalue weighted by Crippen LogP contribution is -2.37. The van der Waals surface area contributed by atoms with Gasteiger partial charge in [-0.05, 0) is 23.3 Å². The largest absolute Gasteiger partial charge is 0.368 e. The van der Waals surface area contributed by atoms with Gasteiger partial charge in [-0.2, -0.15) is 0 Å². The number of amides is 2. The van der Waals surface area contributed by atoms with E-state index in [1.807, 2.05) is 53.9 Å². The Morgan fingerprint density at radius 1 is 1.00 bits per heavy atom. The number of nitrogens with two attached hydrogens (primary N) is 1. The summed E-state index contributed by atoms with van der Waals surface area (Å²) in [4.78, 5) is 24.1. The van der Waals surface area contributed by atoms with Crippen LogP contribution in [0.4, 0.5) is 0 Å². The lowest BCUT2D eigenvalue weighted by atomic mass is 10.1. The number of carbonyl (C=O) groups is 2. The van der Waals surface area contributed by atoms with Crippen LogP contribution in [0.3, 0.4) is 0 Å². The minimum Gasteiger partial charge on any atom is -0.368 e. The van der Waals surface area contributed by atoms with Gasteiger partial charge in [-0.25, -0.2) is 0 Å². The molecule has 1 saturated heterocycles. The fraction of sp³-hybridized carbons (Fsp3) is 0.222. The summed E-state index contributed by atoms with van der Waals surface area (Å²) in [5.74, 6) is 1.44. The van der Waals surface area contributed by atoms with Gasteiger partial charge in [-0.3, -0.25) is 9.59 Å². The van der Waals surface area contributed by atoms with Crippen molar-refractivity contribution in [3.8, 4) is 0 Å². The summed E-state index contributed by atoms with van der Waals surface area (Å²) >= 11 is 3.85. The molecule has 0 spiro atoms. The molecule has 0 radical (unpaired) electrons. The first-order chi connectivity index (χ1) is 11.6. The van der Waals surface area contributed by atoms with Crippen molar-refractivity contribution in [2.24, 2.45) is 5.73 Å². The fourth-order valence-corrected chi connectivity index (χ4v) is 5.38. The van der Waals surface area contributed by atoms with Crippen molar-refractivity contribution in [1.82, 2.24) is 5.32 Å². The van der Waals surface area contributed by atoms with E-state index in [1.165, 1.54) is 5.56 Å². The molecule has 1 aliphatic rings. The van der Waals surface area contributed by atoms with Gasteiger partial charge in [0.1, 0.15) is 6.04 Å². The first-order valence-electron chi connectivity index (χ1n) is 7.63. The lowest BCUT2D eigenvalue weighted by molar-refractivity contribution is -0.120. The molecule has 124 valence electrons. The Morgan fingerprint density at radius 3 is 2.21 bits per heavy atom. The van der Waals surface area contributed by atoms with E-state index in [1.54, 1.807) is 24.3 Å². The average molecular weight is 358 g/mol. The van der Waals surface area contributed by atoms with Crippen molar-refractivity contribution in [3.05, 3.63) is 71.3 Å². The number of thioether (sulfide) groups is 2. The molecule has 0 saturated carbocycles. The molecule has 2 amide bonds. The smallest absolute Gasteiger partial charge is 0.252 e. The molecule has 1 heterocycles. The Hall–Kier alpha value is -1.92.